The van der Waals surface area contributed by atoms with Gasteiger partial charge in [0, 0.05) is 91.4 Å². The fourth-order valence-electron chi connectivity index (χ4n) is 9.21. The maximum absolute atomic E-state index is 13.4. The van der Waals surface area contributed by atoms with Crippen LogP contribution in [0.15, 0.2) is 71.3 Å². The number of unbranched alkanes of at least 4 members (excludes halogenated alkanes) is 7. The van der Waals surface area contributed by atoms with Gasteiger partial charge < -0.3 is 29.5 Å². The van der Waals surface area contributed by atoms with Crippen molar-refractivity contribution in [1.29, 1.82) is 0 Å². The van der Waals surface area contributed by atoms with Gasteiger partial charge in [0.05, 0.1) is 13.3 Å². The first-order valence-corrected chi connectivity index (χ1v) is 24.7. The van der Waals surface area contributed by atoms with Crippen LogP contribution in [0.1, 0.15) is 140 Å². The highest BCUT2D eigenvalue weighted by atomic mass is 79.9. The Morgan fingerprint density at radius 3 is 2.35 bits per heavy atom. The van der Waals surface area contributed by atoms with Crippen LogP contribution in [0.5, 0.6) is 5.75 Å². The van der Waals surface area contributed by atoms with Gasteiger partial charge in [-0.15, -0.1) is 12.4 Å². The lowest BCUT2D eigenvalue weighted by molar-refractivity contribution is -0.137. The average molecular weight is 1030 g/mol. The number of amides is 5. The summed E-state index contributed by atoms with van der Waals surface area (Å²) in [6.07, 6.45) is 12.8. The van der Waals surface area contributed by atoms with Crippen LogP contribution < -0.4 is 25.2 Å². The number of aromatic nitrogens is 2. The summed E-state index contributed by atoms with van der Waals surface area (Å²) in [6.45, 7) is 3.94. The molecular formula is C52H63BrClN7O8. The Morgan fingerprint density at radius 2 is 1.62 bits per heavy atom. The van der Waals surface area contributed by atoms with Crippen molar-refractivity contribution in [3.63, 3.8) is 0 Å². The average Bonchev–Trinajstić information content (AvgIpc) is 3.67. The highest BCUT2D eigenvalue weighted by molar-refractivity contribution is 9.10. The molecule has 368 valence electrons. The van der Waals surface area contributed by atoms with Gasteiger partial charge in [-0.1, -0.05) is 91.7 Å². The summed E-state index contributed by atoms with van der Waals surface area (Å²) in [4.78, 5) is 91.2. The van der Waals surface area contributed by atoms with Crippen molar-refractivity contribution in [1.82, 2.24) is 20.2 Å². The molecule has 3 aliphatic rings. The number of Topliss-reactive ketones (excluding diaryl/α,β-unsaturated/α-hetero) is 1. The first-order valence-electron chi connectivity index (χ1n) is 23.9. The molecule has 1 aromatic heterocycles. The summed E-state index contributed by atoms with van der Waals surface area (Å²) in [5.41, 5.74) is 4.94. The van der Waals surface area contributed by atoms with Crippen molar-refractivity contribution < 1.29 is 38.2 Å². The first-order chi connectivity index (χ1) is 32.9. The van der Waals surface area contributed by atoms with Crippen LogP contribution in [0.25, 0.3) is 0 Å². The number of hydrogen-bond acceptors (Lipinski definition) is 11. The van der Waals surface area contributed by atoms with E-state index in [1.54, 1.807) is 49.5 Å². The summed E-state index contributed by atoms with van der Waals surface area (Å²) in [7, 11) is 3.36. The molecule has 1 fully saturated rings. The lowest BCUT2D eigenvalue weighted by Crippen LogP contribution is -2.52. The van der Waals surface area contributed by atoms with Crippen LogP contribution in [-0.2, 0) is 43.4 Å². The van der Waals surface area contributed by atoms with Gasteiger partial charge in [0.2, 0.25) is 23.6 Å². The standard InChI is InChI=1S/C52H62BrN7O8.ClH/c1-4-41-52(66)58(2)43-31-54-46(56-49(43)59(41)32-34-19-23-37(53)24-20-34)30-36-22-21-35(29-45(36)67-3)44(61)17-14-28-68-27-12-10-8-6-5-7-9-11-18-47(62)55-40-16-13-15-38-39(40)33-60(51(38)65)42-25-26-48(63)57-50(42)64;/h13,15-16,19-24,29,31,41-42H,4-12,14,17-18,25-28,30,32-33H2,1-3H3,(H,55,62)(H,57,63,64);1H/t41-,42?;/m1./s1. The zero-order valence-electron chi connectivity index (χ0n) is 39.7. The molecule has 0 spiro atoms. The number of fused-ring (bicyclic) bond motifs is 2. The summed E-state index contributed by atoms with van der Waals surface area (Å²) < 4.78 is 12.6. The maximum atomic E-state index is 13.4. The highest BCUT2D eigenvalue weighted by Gasteiger charge is 2.40. The molecule has 2 N–H and O–H groups in total. The topological polar surface area (TPSA) is 180 Å². The normalized spacial score (nSPS) is 16.5. The molecule has 7 rings (SSSR count). The van der Waals surface area contributed by atoms with E-state index in [2.05, 4.69) is 36.4 Å². The minimum atomic E-state index is -0.699. The number of ketones is 1. The summed E-state index contributed by atoms with van der Waals surface area (Å²) >= 11 is 3.51. The molecule has 1 unspecified atom stereocenters. The van der Waals surface area contributed by atoms with Crippen molar-refractivity contribution in [3.05, 3.63) is 105 Å². The molecule has 3 aromatic carbocycles. The van der Waals surface area contributed by atoms with Gasteiger partial charge in [0.25, 0.3) is 5.91 Å². The number of hydrogen-bond donors (Lipinski definition) is 2. The first kappa shape index (κ1) is 52.7. The van der Waals surface area contributed by atoms with Crippen LogP contribution in [0.4, 0.5) is 17.2 Å². The van der Waals surface area contributed by atoms with Gasteiger partial charge in [0.15, 0.2) is 11.6 Å². The van der Waals surface area contributed by atoms with E-state index in [0.29, 0.717) is 104 Å². The van der Waals surface area contributed by atoms with E-state index in [0.717, 1.165) is 67.0 Å². The SMILES string of the molecule is CC[C@@H]1C(=O)N(C)c2cnc(Cc3ccc(C(=O)CCCOCCCCCCCCCCC(=O)Nc4cccc5c4CN(C4CCC(=O)NC4=O)C5=O)cc3OC)nc2N1Cc1ccc(Br)cc1.Cl. The number of nitrogens with zero attached hydrogens (tertiary/aromatic N) is 5. The van der Waals surface area contributed by atoms with Gasteiger partial charge in [-0.25, -0.2) is 9.97 Å². The number of carbonyl (C=O) groups excluding carboxylic acids is 6. The lowest BCUT2D eigenvalue weighted by atomic mass is 10.0. The number of ether oxygens (including phenoxy) is 2. The second-order valence-electron chi connectivity index (χ2n) is 17.8. The van der Waals surface area contributed by atoms with Gasteiger partial charge in [-0.05, 0) is 68.0 Å². The van der Waals surface area contributed by atoms with Gasteiger partial charge >= 0.3 is 0 Å². The van der Waals surface area contributed by atoms with Crippen molar-refractivity contribution in [2.24, 2.45) is 0 Å². The number of anilines is 3. The fourth-order valence-corrected chi connectivity index (χ4v) is 9.47. The lowest BCUT2D eigenvalue weighted by Gasteiger charge is -2.40. The zero-order valence-corrected chi connectivity index (χ0v) is 42.1. The number of benzene rings is 3. The third-order valence-electron chi connectivity index (χ3n) is 13.0. The Balaban J connectivity index is 0.00000782. The number of rotatable bonds is 24. The van der Waals surface area contributed by atoms with Crippen molar-refractivity contribution in [2.45, 2.75) is 128 Å². The molecule has 69 heavy (non-hydrogen) atoms. The molecule has 2 atom stereocenters. The molecule has 4 heterocycles. The molecule has 15 nitrogen and oxygen atoms in total. The van der Waals surface area contributed by atoms with Gasteiger partial charge in [-0.3, -0.25) is 34.1 Å². The van der Waals surface area contributed by atoms with E-state index in [1.165, 1.54) is 4.90 Å². The molecule has 0 bridgehead atoms. The fraction of sp³-hybridized carbons (Fsp3) is 0.462. The molecule has 17 heteroatoms. The Kier molecular flexibility index (Phi) is 19.3. The predicted octanol–water partition coefficient (Wildman–Crippen LogP) is 8.91. The van der Waals surface area contributed by atoms with Crippen LogP contribution in [-0.4, -0.2) is 89.6 Å². The molecule has 4 aromatic rings. The molecule has 3 aliphatic heterocycles. The Bertz CT molecular complexity index is 2490. The summed E-state index contributed by atoms with van der Waals surface area (Å²) in [5.74, 6) is 0.788. The van der Waals surface area contributed by atoms with E-state index in [9.17, 15) is 28.8 Å². The Hall–Kier alpha value is -5.71. The second-order valence-corrected chi connectivity index (χ2v) is 18.7. The van der Waals surface area contributed by atoms with Crippen LogP contribution in [0.2, 0.25) is 0 Å². The molecule has 1 saturated heterocycles. The number of imide groups is 1. The third-order valence-corrected chi connectivity index (χ3v) is 13.6. The summed E-state index contributed by atoms with van der Waals surface area (Å²) in [6, 6.07) is 17.8. The van der Waals surface area contributed by atoms with E-state index in [4.69, 9.17) is 14.5 Å². The van der Waals surface area contributed by atoms with Crippen LogP contribution >= 0.6 is 28.3 Å². The van der Waals surface area contributed by atoms with Crippen LogP contribution in [0.3, 0.4) is 0 Å². The number of likely N-dealkylation sites (N-methyl/N-ethyl adjacent to an activating group) is 1. The minimum absolute atomic E-state index is 0. The summed E-state index contributed by atoms with van der Waals surface area (Å²) in [5, 5.41) is 5.29. The largest absolute Gasteiger partial charge is 0.496 e. The molecule has 0 saturated carbocycles. The highest BCUT2D eigenvalue weighted by Crippen LogP contribution is 2.37. The third kappa shape index (κ3) is 13.3. The van der Waals surface area contributed by atoms with E-state index < -0.39 is 11.9 Å². The van der Waals surface area contributed by atoms with E-state index >= 15 is 0 Å². The molecule has 5 amide bonds. The smallest absolute Gasteiger partial charge is 0.255 e. The Morgan fingerprint density at radius 1 is 0.899 bits per heavy atom. The number of halogens is 2. The van der Waals surface area contributed by atoms with Crippen molar-refractivity contribution in [2.75, 3.05) is 42.5 Å². The number of piperidine rings is 1. The number of nitrogens with one attached hydrogen (secondary N) is 2. The van der Waals surface area contributed by atoms with Gasteiger partial charge in [0.1, 0.15) is 29.3 Å². The Labute approximate surface area is 419 Å². The predicted molar refractivity (Wildman–Crippen MR) is 270 cm³/mol. The molecule has 0 radical (unpaired) electrons. The van der Waals surface area contributed by atoms with Crippen molar-refractivity contribution >= 4 is 80.8 Å². The van der Waals surface area contributed by atoms with E-state index in [-0.39, 0.29) is 60.8 Å². The zero-order chi connectivity index (χ0) is 48.2. The maximum Gasteiger partial charge on any atom is 0.255 e. The van der Waals surface area contributed by atoms with Gasteiger partial charge in [-0.2, -0.15) is 0 Å². The second kappa shape index (κ2) is 25.2. The molecule has 0 aliphatic carbocycles. The van der Waals surface area contributed by atoms with Crippen LogP contribution in [0, 0.1) is 0 Å². The number of methoxy groups -OCH3 is 1. The molecular weight excluding hydrogens is 966 g/mol. The monoisotopic (exact) mass is 1030 g/mol. The number of carbonyl (C=O) groups is 6. The van der Waals surface area contributed by atoms with Crippen molar-refractivity contribution in [3.8, 4) is 5.75 Å². The van der Waals surface area contributed by atoms with E-state index in [1.807, 2.05) is 43.3 Å². The minimum Gasteiger partial charge on any atom is -0.496 e. The quantitative estimate of drug-likeness (QED) is 0.0389.